The Labute approximate surface area is 106 Å². The largest absolute Gasteiger partial charge is 0.480 e. The van der Waals surface area contributed by atoms with Gasteiger partial charge in [-0.2, -0.15) is 5.10 Å². The fourth-order valence-corrected chi connectivity index (χ4v) is 1.70. The van der Waals surface area contributed by atoms with Crippen LogP contribution in [0, 0.1) is 19.8 Å². The van der Waals surface area contributed by atoms with Crippen molar-refractivity contribution in [2.75, 3.05) is 0 Å². The van der Waals surface area contributed by atoms with Crippen molar-refractivity contribution >= 4 is 11.9 Å². The van der Waals surface area contributed by atoms with Gasteiger partial charge in [0.25, 0.3) is 0 Å². The molecule has 0 bridgehead atoms. The molecule has 1 amide bonds. The van der Waals surface area contributed by atoms with Gasteiger partial charge in [0, 0.05) is 5.69 Å². The number of hydrogen-bond donors (Lipinski definition) is 2. The Morgan fingerprint density at radius 3 is 2.44 bits per heavy atom. The number of aromatic nitrogens is 2. The summed E-state index contributed by atoms with van der Waals surface area (Å²) in [5.74, 6) is -1.53. The summed E-state index contributed by atoms with van der Waals surface area (Å²) in [6, 6.07) is 0.999. The monoisotopic (exact) mass is 253 g/mol. The first kappa shape index (κ1) is 14.2. The zero-order chi connectivity index (χ0) is 13.9. The van der Waals surface area contributed by atoms with Gasteiger partial charge in [-0.15, -0.1) is 0 Å². The van der Waals surface area contributed by atoms with Crippen LogP contribution in [0.3, 0.4) is 0 Å². The molecule has 6 heteroatoms. The molecule has 0 aliphatic rings. The smallest absolute Gasteiger partial charge is 0.326 e. The summed E-state index contributed by atoms with van der Waals surface area (Å²) in [7, 11) is 0. The van der Waals surface area contributed by atoms with Crippen molar-refractivity contribution in [3.8, 4) is 0 Å². The summed E-state index contributed by atoms with van der Waals surface area (Å²) in [6.07, 6.45) is 0. The van der Waals surface area contributed by atoms with Gasteiger partial charge in [0.2, 0.25) is 5.91 Å². The van der Waals surface area contributed by atoms with Gasteiger partial charge >= 0.3 is 5.97 Å². The Kier molecular flexibility index (Phi) is 4.47. The minimum Gasteiger partial charge on any atom is -0.480 e. The van der Waals surface area contributed by atoms with Gasteiger partial charge in [-0.3, -0.25) is 9.48 Å². The second-order valence-electron chi connectivity index (χ2n) is 4.71. The van der Waals surface area contributed by atoms with E-state index >= 15 is 0 Å². The van der Waals surface area contributed by atoms with E-state index in [9.17, 15) is 9.59 Å². The van der Waals surface area contributed by atoms with Crippen molar-refractivity contribution < 1.29 is 14.7 Å². The lowest BCUT2D eigenvalue weighted by Gasteiger charge is -2.18. The number of rotatable bonds is 5. The highest BCUT2D eigenvalue weighted by Gasteiger charge is 2.23. The van der Waals surface area contributed by atoms with Gasteiger partial charge in [0.15, 0.2) is 0 Å². The highest BCUT2D eigenvalue weighted by Crippen LogP contribution is 2.04. The van der Waals surface area contributed by atoms with Crippen molar-refractivity contribution in [3.05, 3.63) is 17.5 Å². The van der Waals surface area contributed by atoms with Crippen LogP contribution in [-0.4, -0.2) is 32.8 Å². The first-order valence-corrected chi connectivity index (χ1v) is 5.84. The number of aliphatic carboxylic acids is 1. The van der Waals surface area contributed by atoms with E-state index in [1.165, 1.54) is 0 Å². The molecule has 6 nitrogen and oxygen atoms in total. The standard InChI is InChI=1S/C12H19N3O3/c1-7(2)11(12(17)18)13-10(16)6-15-9(4)5-8(3)14-15/h5,7,11H,6H2,1-4H3,(H,13,16)(H,17,18)/t11-/m0/s1. The number of carboxylic acids is 1. The van der Waals surface area contributed by atoms with E-state index in [4.69, 9.17) is 5.11 Å². The molecule has 1 heterocycles. The second kappa shape index (κ2) is 5.66. The molecule has 1 atom stereocenters. The zero-order valence-electron chi connectivity index (χ0n) is 11.1. The van der Waals surface area contributed by atoms with Gasteiger partial charge in [-0.05, 0) is 25.8 Å². The van der Waals surface area contributed by atoms with Crippen LogP contribution in [0.2, 0.25) is 0 Å². The molecule has 0 saturated heterocycles. The van der Waals surface area contributed by atoms with Crippen molar-refractivity contribution in [1.29, 1.82) is 0 Å². The summed E-state index contributed by atoms with van der Waals surface area (Å²) >= 11 is 0. The van der Waals surface area contributed by atoms with Crippen LogP contribution in [0.4, 0.5) is 0 Å². The minimum absolute atomic E-state index is 0.0379. The van der Waals surface area contributed by atoms with Gasteiger partial charge in [0.05, 0.1) is 5.69 Å². The third kappa shape index (κ3) is 3.58. The van der Waals surface area contributed by atoms with E-state index in [2.05, 4.69) is 10.4 Å². The Balaban J connectivity index is 2.66. The third-order valence-corrected chi connectivity index (χ3v) is 2.65. The quantitative estimate of drug-likeness (QED) is 0.810. The molecule has 0 aliphatic heterocycles. The van der Waals surface area contributed by atoms with Crippen molar-refractivity contribution in [2.24, 2.45) is 5.92 Å². The number of nitrogens with zero attached hydrogens (tertiary/aromatic N) is 2. The van der Waals surface area contributed by atoms with E-state index in [-0.39, 0.29) is 18.4 Å². The first-order valence-electron chi connectivity index (χ1n) is 5.84. The normalized spacial score (nSPS) is 12.5. The van der Waals surface area contributed by atoms with Crippen molar-refractivity contribution in [3.63, 3.8) is 0 Å². The molecule has 0 spiro atoms. The molecular formula is C12H19N3O3. The lowest BCUT2D eigenvalue weighted by Crippen LogP contribution is -2.45. The SMILES string of the molecule is Cc1cc(C)n(CC(=O)N[C@H](C(=O)O)C(C)C)n1. The van der Waals surface area contributed by atoms with E-state index < -0.39 is 12.0 Å². The van der Waals surface area contributed by atoms with Crippen LogP contribution in [0.1, 0.15) is 25.2 Å². The molecule has 100 valence electrons. The fraction of sp³-hybridized carbons (Fsp3) is 0.583. The minimum atomic E-state index is -1.02. The van der Waals surface area contributed by atoms with Crippen LogP contribution >= 0.6 is 0 Å². The number of nitrogens with one attached hydrogen (secondary N) is 1. The van der Waals surface area contributed by atoms with E-state index in [1.54, 1.807) is 18.5 Å². The lowest BCUT2D eigenvalue weighted by atomic mass is 10.1. The van der Waals surface area contributed by atoms with E-state index in [0.29, 0.717) is 0 Å². The molecule has 0 aromatic carbocycles. The summed E-state index contributed by atoms with van der Waals surface area (Å²) in [5.41, 5.74) is 1.71. The number of carbonyl (C=O) groups is 2. The summed E-state index contributed by atoms with van der Waals surface area (Å²) in [5, 5.41) is 15.6. The van der Waals surface area contributed by atoms with Crippen LogP contribution in [0.25, 0.3) is 0 Å². The number of carbonyl (C=O) groups excluding carboxylic acids is 1. The highest BCUT2D eigenvalue weighted by atomic mass is 16.4. The second-order valence-corrected chi connectivity index (χ2v) is 4.71. The van der Waals surface area contributed by atoms with Gasteiger partial charge < -0.3 is 10.4 Å². The average Bonchev–Trinajstić information content (AvgIpc) is 2.53. The predicted octanol–water partition coefficient (Wildman–Crippen LogP) is 0.725. The lowest BCUT2D eigenvalue weighted by molar-refractivity contribution is -0.143. The third-order valence-electron chi connectivity index (χ3n) is 2.65. The molecule has 2 N–H and O–H groups in total. The molecule has 1 aromatic rings. The number of aryl methyl sites for hydroxylation is 2. The topological polar surface area (TPSA) is 84.2 Å². The molecule has 0 aliphatic carbocycles. The van der Waals surface area contributed by atoms with Gasteiger partial charge in [-0.1, -0.05) is 13.8 Å². The Morgan fingerprint density at radius 2 is 2.06 bits per heavy atom. The van der Waals surface area contributed by atoms with E-state index in [1.807, 2.05) is 19.9 Å². The van der Waals surface area contributed by atoms with Crippen LogP contribution < -0.4 is 5.32 Å². The predicted molar refractivity (Wildman–Crippen MR) is 66.1 cm³/mol. The Hall–Kier alpha value is -1.85. The van der Waals surface area contributed by atoms with Crippen LogP contribution in [-0.2, 0) is 16.1 Å². The molecule has 1 aromatic heterocycles. The van der Waals surface area contributed by atoms with Crippen molar-refractivity contribution in [1.82, 2.24) is 15.1 Å². The highest BCUT2D eigenvalue weighted by molar-refractivity contribution is 5.83. The molecule has 0 unspecified atom stereocenters. The molecule has 0 saturated carbocycles. The molecule has 0 fully saturated rings. The fourth-order valence-electron chi connectivity index (χ4n) is 1.70. The summed E-state index contributed by atoms with van der Waals surface area (Å²) < 4.78 is 1.56. The molecular weight excluding hydrogens is 234 g/mol. The number of carboxylic acid groups (broad SMARTS) is 1. The maximum atomic E-state index is 11.8. The molecule has 0 radical (unpaired) electrons. The summed E-state index contributed by atoms with van der Waals surface area (Å²) in [6.45, 7) is 7.24. The number of hydrogen-bond acceptors (Lipinski definition) is 3. The molecule has 1 rings (SSSR count). The maximum absolute atomic E-state index is 11.8. The average molecular weight is 253 g/mol. The van der Waals surface area contributed by atoms with Gasteiger partial charge in [-0.25, -0.2) is 4.79 Å². The zero-order valence-corrected chi connectivity index (χ0v) is 11.1. The maximum Gasteiger partial charge on any atom is 0.326 e. The summed E-state index contributed by atoms with van der Waals surface area (Å²) in [4.78, 5) is 22.7. The first-order chi connectivity index (χ1) is 8.31. The van der Waals surface area contributed by atoms with Crippen LogP contribution in [0.15, 0.2) is 6.07 Å². The Morgan fingerprint density at radius 1 is 1.44 bits per heavy atom. The Bertz CT molecular complexity index is 451. The van der Waals surface area contributed by atoms with Crippen LogP contribution in [0.5, 0.6) is 0 Å². The molecule has 18 heavy (non-hydrogen) atoms. The number of amides is 1. The van der Waals surface area contributed by atoms with Crippen molar-refractivity contribution in [2.45, 2.75) is 40.3 Å². The van der Waals surface area contributed by atoms with E-state index in [0.717, 1.165) is 11.4 Å². The van der Waals surface area contributed by atoms with Gasteiger partial charge in [0.1, 0.15) is 12.6 Å².